The van der Waals surface area contributed by atoms with Gasteiger partial charge in [-0.15, -0.1) is 0 Å². The first-order chi connectivity index (χ1) is 14.8. The molecule has 0 N–H and O–H groups in total. The third kappa shape index (κ3) is 2.87. The predicted octanol–water partition coefficient (Wildman–Crippen LogP) is 1.29. The van der Waals surface area contributed by atoms with E-state index in [1.54, 1.807) is 29.3 Å². The number of aryl methyl sites for hydroxylation is 1. The molecule has 0 unspecified atom stereocenters. The Kier molecular flexibility index (Phi) is 4.40. The van der Waals surface area contributed by atoms with E-state index in [1.165, 1.54) is 11.3 Å². The number of carbonyl (C=O) groups excluding carboxylic acids is 1. The van der Waals surface area contributed by atoms with Gasteiger partial charge in [0.2, 0.25) is 5.72 Å². The number of ether oxygens (including phenoxy) is 2. The maximum atomic E-state index is 13.5. The molecule has 0 radical (unpaired) electrons. The lowest BCUT2D eigenvalue weighted by atomic mass is 9.81. The Morgan fingerprint density at radius 1 is 1.39 bits per heavy atom. The van der Waals surface area contributed by atoms with E-state index in [0.29, 0.717) is 15.1 Å². The molecule has 9 heteroatoms. The van der Waals surface area contributed by atoms with E-state index in [2.05, 4.69) is 5.10 Å². The lowest BCUT2D eigenvalue weighted by molar-refractivity contribution is -0.160. The van der Waals surface area contributed by atoms with Gasteiger partial charge >= 0.3 is 5.97 Å². The molecule has 2 aliphatic rings. The minimum absolute atomic E-state index is 0.190. The van der Waals surface area contributed by atoms with Crippen molar-refractivity contribution in [2.24, 2.45) is 18.0 Å². The van der Waals surface area contributed by atoms with Crippen LogP contribution >= 0.6 is 11.3 Å². The normalized spacial score (nSPS) is 24.1. The fourth-order valence-electron chi connectivity index (χ4n) is 4.33. The zero-order valence-corrected chi connectivity index (χ0v) is 18.5. The van der Waals surface area contributed by atoms with Gasteiger partial charge in [0, 0.05) is 23.9 Å². The summed E-state index contributed by atoms with van der Waals surface area (Å²) in [6.07, 6.45) is 3.56. The standard InChI is InChI=1S/C22H22N4O4S/c1-5-29-20(28)17-18-14-8-6-7-9-15(14)30-22(17,3)24-21-26(18)19(27)16(31-21)10-13-11-23-25(4)12(13)2/h6-11,17-18H,5H2,1-4H3/b16-10+/t17-,18-,22-/m1/s1. The SMILES string of the molecule is CCOC(=O)[C@H]1[C@H]2c3ccccc3O[C@@]1(C)N=c1s/c(=C/c3cnn(C)c3C)c(=O)n12. The van der Waals surface area contributed by atoms with Gasteiger partial charge in [-0.3, -0.25) is 18.8 Å². The second-order valence-electron chi connectivity index (χ2n) is 7.86. The highest BCUT2D eigenvalue weighted by atomic mass is 32.1. The number of carbonyl (C=O) groups is 1. The van der Waals surface area contributed by atoms with E-state index in [9.17, 15) is 9.59 Å². The topological polar surface area (TPSA) is 87.7 Å². The first-order valence-electron chi connectivity index (χ1n) is 10.1. The Morgan fingerprint density at radius 3 is 2.87 bits per heavy atom. The highest BCUT2D eigenvalue weighted by molar-refractivity contribution is 7.07. The molecule has 3 aromatic rings. The summed E-state index contributed by atoms with van der Waals surface area (Å²) in [5.41, 5.74) is 1.25. The van der Waals surface area contributed by atoms with Gasteiger partial charge in [0.15, 0.2) is 4.80 Å². The van der Waals surface area contributed by atoms with Gasteiger partial charge in [0.1, 0.15) is 11.7 Å². The number of benzene rings is 1. The predicted molar refractivity (Wildman–Crippen MR) is 115 cm³/mol. The first-order valence-corrected chi connectivity index (χ1v) is 10.9. The average Bonchev–Trinajstić information content (AvgIpc) is 3.20. The third-order valence-corrected chi connectivity index (χ3v) is 6.96. The summed E-state index contributed by atoms with van der Waals surface area (Å²) in [5, 5.41) is 4.25. The number of para-hydroxylation sites is 1. The summed E-state index contributed by atoms with van der Waals surface area (Å²) < 4.78 is 15.5. The zero-order valence-electron chi connectivity index (χ0n) is 17.7. The number of thiazole rings is 1. The van der Waals surface area contributed by atoms with Gasteiger partial charge < -0.3 is 9.47 Å². The molecule has 5 rings (SSSR count). The zero-order chi connectivity index (χ0) is 21.9. The second kappa shape index (κ2) is 6.91. The number of fused-ring (bicyclic) bond motifs is 6. The van der Waals surface area contributed by atoms with Gasteiger partial charge in [0.25, 0.3) is 5.56 Å². The monoisotopic (exact) mass is 438 g/mol. The molecule has 4 heterocycles. The third-order valence-electron chi connectivity index (χ3n) is 5.98. The molecule has 0 spiro atoms. The molecule has 0 saturated heterocycles. The van der Waals surface area contributed by atoms with Crippen LogP contribution in [0.1, 0.15) is 36.7 Å². The summed E-state index contributed by atoms with van der Waals surface area (Å²) in [7, 11) is 1.86. The van der Waals surface area contributed by atoms with Crippen LogP contribution in [0.15, 0.2) is 40.2 Å². The summed E-state index contributed by atoms with van der Waals surface area (Å²) in [5.74, 6) is -0.572. The van der Waals surface area contributed by atoms with Crippen molar-refractivity contribution in [3.8, 4) is 5.75 Å². The van der Waals surface area contributed by atoms with Crippen molar-refractivity contribution in [1.29, 1.82) is 0 Å². The average molecular weight is 439 g/mol. The molecule has 1 aromatic carbocycles. The fraction of sp³-hybridized carbons (Fsp3) is 0.364. The van der Waals surface area contributed by atoms with Crippen molar-refractivity contribution in [3.05, 3.63) is 67.0 Å². The van der Waals surface area contributed by atoms with Crippen LogP contribution in [-0.4, -0.2) is 32.6 Å². The van der Waals surface area contributed by atoms with Crippen LogP contribution in [0.3, 0.4) is 0 Å². The number of rotatable bonds is 3. The Morgan fingerprint density at radius 2 is 2.16 bits per heavy atom. The summed E-state index contributed by atoms with van der Waals surface area (Å²) in [6, 6.07) is 6.92. The van der Waals surface area contributed by atoms with E-state index < -0.39 is 23.7 Å². The minimum atomic E-state index is -1.16. The van der Waals surface area contributed by atoms with Crippen LogP contribution in [0.2, 0.25) is 0 Å². The number of hydrogen-bond acceptors (Lipinski definition) is 7. The molecule has 2 bridgehead atoms. The van der Waals surface area contributed by atoms with Gasteiger partial charge in [-0.05, 0) is 32.9 Å². The lowest BCUT2D eigenvalue weighted by Gasteiger charge is -2.44. The Hall–Kier alpha value is -3.20. The number of hydrogen-bond donors (Lipinski definition) is 0. The molecule has 0 aliphatic carbocycles. The molecular formula is C22H22N4O4S. The Balaban J connectivity index is 1.79. The molecule has 3 atom stereocenters. The van der Waals surface area contributed by atoms with Gasteiger partial charge in [-0.2, -0.15) is 5.10 Å². The summed E-state index contributed by atoms with van der Waals surface area (Å²) in [4.78, 5) is 31.8. The van der Waals surface area contributed by atoms with E-state index >= 15 is 0 Å². The van der Waals surface area contributed by atoms with Crippen molar-refractivity contribution >= 4 is 23.4 Å². The van der Waals surface area contributed by atoms with Gasteiger partial charge in [-0.1, -0.05) is 29.5 Å². The van der Waals surface area contributed by atoms with Crippen molar-refractivity contribution in [1.82, 2.24) is 14.3 Å². The fourth-order valence-corrected chi connectivity index (χ4v) is 5.42. The first kappa shape index (κ1) is 19.7. The van der Waals surface area contributed by atoms with Crippen LogP contribution in [0, 0.1) is 12.8 Å². The number of esters is 1. The second-order valence-corrected chi connectivity index (χ2v) is 8.87. The van der Waals surface area contributed by atoms with Gasteiger partial charge in [-0.25, -0.2) is 4.99 Å². The molecule has 2 aliphatic heterocycles. The molecule has 31 heavy (non-hydrogen) atoms. The molecule has 0 saturated carbocycles. The molecule has 2 aromatic heterocycles. The van der Waals surface area contributed by atoms with Crippen LogP contribution in [0.5, 0.6) is 5.75 Å². The number of aromatic nitrogens is 3. The van der Waals surface area contributed by atoms with Crippen LogP contribution < -0.4 is 19.6 Å². The maximum absolute atomic E-state index is 13.5. The Bertz CT molecular complexity index is 1390. The van der Waals surface area contributed by atoms with Crippen molar-refractivity contribution < 1.29 is 14.3 Å². The van der Waals surface area contributed by atoms with Crippen LogP contribution in [0.25, 0.3) is 6.08 Å². The van der Waals surface area contributed by atoms with Crippen molar-refractivity contribution in [3.63, 3.8) is 0 Å². The van der Waals surface area contributed by atoms with Crippen molar-refractivity contribution in [2.45, 2.75) is 32.5 Å². The molecule has 8 nitrogen and oxygen atoms in total. The smallest absolute Gasteiger partial charge is 0.317 e. The van der Waals surface area contributed by atoms with E-state index in [0.717, 1.165) is 16.8 Å². The maximum Gasteiger partial charge on any atom is 0.317 e. The van der Waals surface area contributed by atoms with Gasteiger partial charge in [0.05, 0.1) is 23.4 Å². The molecule has 0 amide bonds. The van der Waals surface area contributed by atoms with E-state index in [4.69, 9.17) is 14.5 Å². The minimum Gasteiger partial charge on any atom is -0.466 e. The number of nitrogens with zero attached hydrogens (tertiary/aromatic N) is 4. The van der Waals surface area contributed by atoms with Crippen LogP contribution in [-0.2, 0) is 16.6 Å². The summed E-state index contributed by atoms with van der Waals surface area (Å²) >= 11 is 1.29. The highest BCUT2D eigenvalue weighted by Crippen LogP contribution is 2.47. The van der Waals surface area contributed by atoms with Crippen molar-refractivity contribution in [2.75, 3.05) is 6.61 Å². The Labute approximate surface area is 182 Å². The lowest BCUT2D eigenvalue weighted by Crippen LogP contribution is -2.58. The molecule has 160 valence electrons. The van der Waals surface area contributed by atoms with Crippen LogP contribution in [0.4, 0.5) is 0 Å². The van der Waals surface area contributed by atoms with E-state index in [-0.39, 0.29) is 12.2 Å². The molecular weight excluding hydrogens is 416 g/mol. The molecule has 0 fully saturated rings. The summed E-state index contributed by atoms with van der Waals surface area (Å²) in [6.45, 7) is 5.73. The largest absolute Gasteiger partial charge is 0.466 e. The quantitative estimate of drug-likeness (QED) is 0.575. The highest BCUT2D eigenvalue weighted by Gasteiger charge is 2.55. The van der Waals surface area contributed by atoms with E-state index in [1.807, 2.05) is 44.3 Å².